The second-order valence-electron chi connectivity index (χ2n) is 7.68. The van der Waals surface area contributed by atoms with Crippen LogP contribution in [0.3, 0.4) is 0 Å². The smallest absolute Gasteiger partial charge is 0.328 e. The van der Waals surface area contributed by atoms with Gasteiger partial charge in [-0.2, -0.15) is 0 Å². The summed E-state index contributed by atoms with van der Waals surface area (Å²) in [5.74, 6) is -0.797. The summed E-state index contributed by atoms with van der Waals surface area (Å²) in [7, 11) is 1.37. The van der Waals surface area contributed by atoms with Crippen LogP contribution in [0.25, 0.3) is 0 Å². The van der Waals surface area contributed by atoms with Gasteiger partial charge in [-0.1, -0.05) is 60.7 Å². The zero-order chi connectivity index (χ0) is 24.5. The first-order valence-corrected chi connectivity index (χ1v) is 11.9. The third-order valence-electron chi connectivity index (χ3n) is 5.15. The summed E-state index contributed by atoms with van der Waals surface area (Å²) >= 11 is 1.68. The number of thioether (sulfide) groups is 1. The number of benzene rings is 2. The predicted octanol–water partition coefficient (Wildman–Crippen LogP) is 4.52. The molecule has 0 aliphatic carbocycles. The van der Waals surface area contributed by atoms with E-state index < -0.39 is 29.8 Å². The molecule has 1 heterocycles. The minimum atomic E-state index is -0.946. The van der Waals surface area contributed by atoms with Crippen molar-refractivity contribution < 1.29 is 24.2 Å². The van der Waals surface area contributed by atoms with E-state index in [9.17, 15) is 14.7 Å². The topological polar surface area (TPSA) is 97.8 Å². The van der Waals surface area contributed by atoms with E-state index in [1.807, 2.05) is 55.5 Å². The maximum absolute atomic E-state index is 12.8. The lowest BCUT2D eigenvalue weighted by atomic mass is 10.1. The quantitative estimate of drug-likeness (QED) is 0.412. The minimum Gasteiger partial charge on any atom is -0.503 e. The first-order valence-electron chi connectivity index (χ1n) is 10.8. The fraction of sp³-hybridized carbons (Fsp3) is 0.269. The van der Waals surface area contributed by atoms with Crippen LogP contribution in [-0.2, 0) is 15.3 Å². The monoisotopic (exact) mass is 480 g/mol. The Hall–Kier alpha value is -3.52. The van der Waals surface area contributed by atoms with E-state index >= 15 is 0 Å². The lowest BCUT2D eigenvalue weighted by Crippen LogP contribution is -2.41. The number of rotatable bonds is 10. The molecule has 0 spiro atoms. The number of methoxy groups -OCH3 is 1. The molecule has 3 atom stereocenters. The summed E-state index contributed by atoms with van der Waals surface area (Å²) in [4.78, 5) is 29.2. The van der Waals surface area contributed by atoms with Crippen molar-refractivity contribution in [2.45, 2.75) is 37.0 Å². The number of carbonyl (C=O) groups is 2. The van der Waals surface area contributed by atoms with E-state index in [0.717, 1.165) is 11.3 Å². The normalized spacial score (nSPS) is 13.4. The number of amides is 1. The number of hydrogen-bond acceptors (Lipinski definition) is 7. The van der Waals surface area contributed by atoms with Crippen molar-refractivity contribution in [2.24, 2.45) is 0 Å². The van der Waals surface area contributed by atoms with Crippen LogP contribution in [0.4, 0.5) is 0 Å². The Morgan fingerprint density at radius 1 is 1.03 bits per heavy atom. The molecule has 0 saturated carbocycles. The van der Waals surface area contributed by atoms with Gasteiger partial charge in [-0.05, 0) is 25.0 Å². The second-order valence-corrected chi connectivity index (χ2v) is 8.81. The van der Waals surface area contributed by atoms with Crippen LogP contribution in [0.2, 0.25) is 0 Å². The van der Waals surface area contributed by atoms with Crippen LogP contribution in [0.15, 0.2) is 72.9 Å². The molecule has 7 nitrogen and oxygen atoms in total. The van der Waals surface area contributed by atoms with Crippen LogP contribution in [0.1, 0.15) is 40.7 Å². The van der Waals surface area contributed by atoms with E-state index in [2.05, 4.69) is 22.4 Å². The maximum atomic E-state index is 12.8. The Bertz CT molecular complexity index is 1090. The number of aromatic nitrogens is 1. The highest BCUT2D eigenvalue weighted by atomic mass is 32.2. The van der Waals surface area contributed by atoms with Crippen molar-refractivity contribution in [2.75, 3.05) is 7.11 Å². The van der Waals surface area contributed by atoms with Gasteiger partial charge in [-0.15, -0.1) is 11.8 Å². The molecule has 178 valence electrons. The van der Waals surface area contributed by atoms with Gasteiger partial charge in [-0.25, -0.2) is 9.78 Å². The fourth-order valence-electron chi connectivity index (χ4n) is 3.34. The summed E-state index contributed by atoms with van der Waals surface area (Å²) in [6.07, 6.45) is 0.888. The van der Waals surface area contributed by atoms with Crippen LogP contribution in [-0.4, -0.2) is 41.2 Å². The highest BCUT2D eigenvalue weighted by molar-refractivity contribution is 7.98. The van der Waals surface area contributed by atoms with Gasteiger partial charge in [0.1, 0.15) is 12.1 Å². The number of aromatic hydroxyl groups is 1. The third kappa shape index (κ3) is 6.51. The number of nitrogens with zero attached hydrogens (tertiary/aromatic N) is 1. The SMILES string of the molecule is COc1ccnc(C(=O)N[C@@H](C)C(=O)O[C@@H](C)[C@H](SCc2ccccc2)c2ccccc2)c1O. The summed E-state index contributed by atoms with van der Waals surface area (Å²) in [5, 5.41) is 12.6. The van der Waals surface area contributed by atoms with Gasteiger partial charge < -0.3 is 19.9 Å². The molecule has 0 unspecified atom stereocenters. The molecular weight excluding hydrogens is 452 g/mol. The highest BCUT2D eigenvalue weighted by Gasteiger charge is 2.27. The lowest BCUT2D eigenvalue weighted by Gasteiger charge is -2.26. The van der Waals surface area contributed by atoms with E-state index in [0.29, 0.717) is 0 Å². The highest BCUT2D eigenvalue weighted by Crippen LogP contribution is 2.36. The largest absolute Gasteiger partial charge is 0.503 e. The molecule has 8 heteroatoms. The van der Waals surface area contributed by atoms with Crippen molar-refractivity contribution in [3.63, 3.8) is 0 Å². The first-order chi connectivity index (χ1) is 16.4. The maximum Gasteiger partial charge on any atom is 0.328 e. The summed E-state index contributed by atoms with van der Waals surface area (Å²) in [6.45, 7) is 3.37. The van der Waals surface area contributed by atoms with Crippen molar-refractivity contribution in [3.8, 4) is 11.5 Å². The number of pyridine rings is 1. The van der Waals surface area contributed by atoms with Crippen LogP contribution in [0.5, 0.6) is 11.5 Å². The van der Waals surface area contributed by atoms with Gasteiger partial charge in [0.2, 0.25) is 0 Å². The average molecular weight is 481 g/mol. The van der Waals surface area contributed by atoms with Gasteiger partial charge >= 0.3 is 5.97 Å². The van der Waals surface area contributed by atoms with Crippen LogP contribution in [0, 0.1) is 0 Å². The molecule has 0 bridgehead atoms. The molecule has 1 amide bonds. The summed E-state index contributed by atoms with van der Waals surface area (Å²) in [6, 6.07) is 20.4. The molecule has 34 heavy (non-hydrogen) atoms. The third-order valence-corrected chi connectivity index (χ3v) is 6.67. The molecule has 0 aliphatic rings. The molecule has 3 rings (SSSR count). The number of ether oxygens (including phenoxy) is 2. The summed E-state index contributed by atoms with van der Waals surface area (Å²) < 4.78 is 10.7. The van der Waals surface area contributed by atoms with Crippen LogP contribution >= 0.6 is 11.8 Å². The van der Waals surface area contributed by atoms with E-state index in [4.69, 9.17) is 9.47 Å². The number of hydrogen-bond donors (Lipinski definition) is 2. The minimum absolute atomic E-state index is 0.0997. The molecule has 0 radical (unpaired) electrons. The van der Waals surface area contributed by atoms with Crippen molar-refractivity contribution in [3.05, 3.63) is 89.7 Å². The molecule has 1 aromatic heterocycles. The summed E-state index contributed by atoms with van der Waals surface area (Å²) in [5.41, 5.74) is 2.00. The number of esters is 1. The molecule has 0 aliphatic heterocycles. The molecule has 2 aromatic carbocycles. The molecular formula is C26H28N2O5S. The Kier molecular flexibility index (Phi) is 8.93. The van der Waals surface area contributed by atoms with Crippen molar-refractivity contribution >= 4 is 23.6 Å². The first kappa shape index (κ1) is 25.1. The second kappa shape index (κ2) is 12.1. The van der Waals surface area contributed by atoms with Gasteiger partial charge in [0.15, 0.2) is 17.2 Å². The van der Waals surface area contributed by atoms with Gasteiger partial charge in [0.05, 0.1) is 12.4 Å². The van der Waals surface area contributed by atoms with E-state index in [-0.39, 0.29) is 16.7 Å². The van der Waals surface area contributed by atoms with Crippen molar-refractivity contribution in [1.82, 2.24) is 10.3 Å². The zero-order valence-corrected chi connectivity index (χ0v) is 20.1. The number of carbonyl (C=O) groups excluding carboxylic acids is 2. The van der Waals surface area contributed by atoms with Gasteiger partial charge in [-0.3, -0.25) is 4.79 Å². The van der Waals surface area contributed by atoms with Gasteiger partial charge in [0.25, 0.3) is 5.91 Å². The lowest BCUT2D eigenvalue weighted by molar-refractivity contribution is -0.150. The standard InChI is InChI=1S/C26H28N2O5S/c1-17(28-25(30)22-23(29)21(32-3)14-15-27-22)26(31)33-18(2)24(20-12-8-5-9-13-20)34-16-19-10-6-4-7-11-19/h4-15,17-18,24,29H,16H2,1-3H3,(H,28,30)/t17-,18-,24-/m0/s1. The molecule has 2 N–H and O–H groups in total. The molecule has 0 saturated heterocycles. The van der Waals surface area contributed by atoms with Gasteiger partial charge in [0, 0.05) is 18.0 Å². The van der Waals surface area contributed by atoms with E-state index in [1.54, 1.807) is 11.8 Å². The molecule has 0 fully saturated rings. The fourth-order valence-corrected chi connectivity index (χ4v) is 4.58. The zero-order valence-electron chi connectivity index (χ0n) is 19.3. The van der Waals surface area contributed by atoms with Crippen LogP contribution < -0.4 is 10.1 Å². The molecule has 3 aromatic rings. The average Bonchev–Trinajstić information content (AvgIpc) is 2.85. The predicted molar refractivity (Wildman–Crippen MR) is 132 cm³/mol. The Morgan fingerprint density at radius 3 is 2.32 bits per heavy atom. The van der Waals surface area contributed by atoms with Crippen molar-refractivity contribution in [1.29, 1.82) is 0 Å². The Morgan fingerprint density at radius 2 is 1.68 bits per heavy atom. The number of nitrogens with one attached hydrogen (secondary N) is 1. The Balaban J connectivity index is 1.66. The van der Waals surface area contributed by atoms with E-state index in [1.165, 1.54) is 31.9 Å². The Labute approximate surface area is 203 Å².